The summed E-state index contributed by atoms with van der Waals surface area (Å²) in [5, 5.41) is 0.966. The number of anilines is 1. The van der Waals surface area contributed by atoms with Crippen molar-refractivity contribution in [1.82, 2.24) is 15.0 Å². The van der Waals surface area contributed by atoms with Gasteiger partial charge in [0.15, 0.2) is 0 Å². The zero-order valence-corrected chi connectivity index (χ0v) is 17.8. The van der Waals surface area contributed by atoms with Crippen LogP contribution in [0, 0.1) is 11.7 Å². The van der Waals surface area contributed by atoms with E-state index in [0.717, 1.165) is 52.7 Å². The zero-order valence-electron chi connectivity index (χ0n) is 17.0. The molecule has 0 saturated heterocycles. The van der Waals surface area contributed by atoms with Crippen LogP contribution >= 0.6 is 11.9 Å². The summed E-state index contributed by atoms with van der Waals surface area (Å²) in [7, 11) is 0. The average Bonchev–Trinajstić information content (AvgIpc) is 3.16. The number of pyridine rings is 1. The van der Waals surface area contributed by atoms with Gasteiger partial charge in [-0.1, -0.05) is 11.9 Å². The number of hydrogen-bond donors (Lipinski definition) is 2. The number of aromatic amines is 1. The fourth-order valence-electron chi connectivity index (χ4n) is 4.79. The molecule has 6 heteroatoms. The molecule has 0 aliphatic heterocycles. The number of nitrogens with zero attached hydrogens (tertiary/aromatic N) is 2. The highest BCUT2D eigenvalue weighted by molar-refractivity contribution is 7.99. The van der Waals surface area contributed by atoms with Gasteiger partial charge >= 0.3 is 0 Å². The van der Waals surface area contributed by atoms with Crippen LogP contribution in [0.15, 0.2) is 48.7 Å². The van der Waals surface area contributed by atoms with Gasteiger partial charge in [0.25, 0.3) is 0 Å². The van der Waals surface area contributed by atoms with Crippen molar-refractivity contribution in [2.45, 2.75) is 38.0 Å². The van der Waals surface area contributed by atoms with Crippen molar-refractivity contribution in [3.8, 4) is 0 Å². The monoisotopic (exact) mass is 420 g/mol. The Balaban J connectivity index is 1.27. The van der Waals surface area contributed by atoms with Gasteiger partial charge in [0, 0.05) is 29.9 Å². The third-order valence-corrected chi connectivity index (χ3v) is 6.70. The predicted octanol–water partition coefficient (Wildman–Crippen LogP) is 6.46. The summed E-state index contributed by atoms with van der Waals surface area (Å²) in [6, 6.07) is 13.2. The fourth-order valence-corrected chi connectivity index (χ4v) is 5.15. The molecule has 4 aromatic rings. The van der Waals surface area contributed by atoms with E-state index in [0.29, 0.717) is 11.8 Å². The summed E-state index contributed by atoms with van der Waals surface area (Å²) >= 11 is 1.59. The van der Waals surface area contributed by atoms with E-state index in [1.54, 1.807) is 24.1 Å². The van der Waals surface area contributed by atoms with Crippen LogP contribution < -0.4 is 4.72 Å². The Morgan fingerprint density at radius 2 is 1.90 bits per heavy atom. The Bertz CT molecular complexity index is 1180. The van der Waals surface area contributed by atoms with Gasteiger partial charge in [0.1, 0.15) is 11.6 Å². The second-order valence-corrected chi connectivity index (χ2v) is 8.82. The van der Waals surface area contributed by atoms with E-state index in [-0.39, 0.29) is 5.82 Å². The molecule has 1 fully saturated rings. The lowest BCUT2D eigenvalue weighted by molar-refractivity contribution is 0.322. The Morgan fingerprint density at radius 1 is 1.07 bits per heavy atom. The number of halogens is 1. The number of hydrogen-bond acceptors (Lipinski definition) is 4. The molecule has 2 heterocycles. The van der Waals surface area contributed by atoms with Gasteiger partial charge in [0.2, 0.25) is 0 Å². The first-order valence-electron chi connectivity index (χ1n) is 10.5. The number of H-pyrrole nitrogens is 1. The van der Waals surface area contributed by atoms with Gasteiger partial charge in [-0.2, -0.15) is 0 Å². The van der Waals surface area contributed by atoms with E-state index in [4.69, 9.17) is 4.98 Å². The highest BCUT2D eigenvalue weighted by Crippen LogP contribution is 2.39. The fraction of sp³-hybridized carbons (Fsp3) is 0.333. The molecule has 2 aromatic heterocycles. The van der Waals surface area contributed by atoms with Crippen LogP contribution in [-0.4, -0.2) is 21.2 Å². The van der Waals surface area contributed by atoms with Crippen molar-refractivity contribution in [2.24, 2.45) is 5.92 Å². The molecule has 0 spiro atoms. The molecule has 0 amide bonds. The third kappa shape index (κ3) is 3.88. The van der Waals surface area contributed by atoms with E-state index in [1.165, 1.54) is 24.5 Å². The number of nitrogens with one attached hydrogen (secondary N) is 2. The molecule has 0 radical (unpaired) electrons. The van der Waals surface area contributed by atoms with Gasteiger partial charge in [-0.15, -0.1) is 0 Å². The van der Waals surface area contributed by atoms with Crippen LogP contribution in [0.2, 0.25) is 0 Å². The first kappa shape index (κ1) is 19.4. The second kappa shape index (κ2) is 8.26. The predicted molar refractivity (Wildman–Crippen MR) is 123 cm³/mol. The molecule has 0 bridgehead atoms. The molecule has 5 rings (SSSR count). The Hall–Kier alpha value is -2.60. The molecule has 0 unspecified atom stereocenters. The highest BCUT2D eigenvalue weighted by atomic mass is 32.2. The maximum absolute atomic E-state index is 13.8. The van der Waals surface area contributed by atoms with Crippen LogP contribution in [0.3, 0.4) is 0 Å². The lowest BCUT2D eigenvalue weighted by atomic mass is 9.77. The van der Waals surface area contributed by atoms with Crippen LogP contribution in [0.4, 0.5) is 10.1 Å². The number of aromatic nitrogens is 3. The van der Waals surface area contributed by atoms with Crippen molar-refractivity contribution in [3.63, 3.8) is 0 Å². The van der Waals surface area contributed by atoms with Gasteiger partial charge in [-0.3, -0.25) is 4.98 Å². The summed E-state index contributed by atoms with van der Waals surface area (Å²) in [5.41, 5.74) is 5.33. The number of rotatable bonds is 5. The molecule has 1 aliphatic rings. The molecule has 1 saturated carbocycles. The molecule has 0 atom stereocenters. The van der Waals surface area contributed by atoms with Gasteiger partial charge in [0.05, 0.1) is 16.6 Å². The Kier molecular flexibility index (Phi) is 5.34. The summed E-state index contributed by atoms with van der Waals surface area (Å²) < 4.78 is 17.1. The van der Waals surface area contributed by atoms with Crippen LogP contribution in [0.1, 0.15) is 43.0 Å². The first-order chi connectivity index (χ1) is 14.7. The molecule has 2 aromatic carbocycles. The number of fused-ring (bicyclic) bond motifs is 2. The van der Waals surface area contributed by atoms with Crippen LogP contribution in [-0.2, 0) is 6.42 Å². The normalized spacial score (nSPS) is 19.4. The van der Waals surface area contributed by atoms with E-state index in [9.17, 15) is 4.39 Å². The Labute approximate surface area is 179 Å². The standard InChI is InChI=1S/C24H25FN4S/c1-30-29-18-7-9-22-23(14-18)28-24(27-22)12-15-2-4-16(5-3-15)19-10-11-26-21-8-6-17(25)13-20(19)21/h6-11,13-16,29H,2-5,12H2,1H3,(H,27,28). The Morgan fingerprint density at radius 3 is 2.73 bits per heavy atom. The zero-order chi connectivity index (χ0) is 20.5. The molecular formula is C24H25FN4S. The van der Waals surface area contributed by atoms with Crippen molar-refractivity contribution in [1.29, 1.82) is 0 Å². The SMILES string of the molecule is CSNc1ccc2nc(CC3CCC(c4ccnc5ccc(F)cc45)CC3)[nH]c2c1. The van der Waals surface area contributed by atoms with Gasteiger partial charge in [-0.25, -0.2) is 9.37 Å². The summed E-state index contributed by atoms with van der Waals surface area (Å²) in [6.45, 7) is 0. The molecule has 1 aliphatic carbocycles. The second-order valence-electron chi connectivity index (χ2n) is 8.21. The quantitative estimate of drug-likeness (QED) is 0.364. The topological polar surface area (TPSA) is 53.6 Å². The van der Waals surface area contributed by atoms with Gasteiger partial charge in [-0.05, 0) is 85.5 Å². The number of benzene rings is 2. The maximum atomic E-state index is 13.8. The van der Waals surface area contributed by atoms with Crippen molar-refractivity contribution < 1.29 is 4.39 Å². The van der Waals surface area contributed by atoms with E-state index in [2.05, 4.69) is 39.0 Å². The van der Waals surface area contributed by atoms with E-state index in [1.807, 2.05) is 12.5 Å². The van der Waals surface area contributed by atoms with Crippen LogP contribution in [0.5, 0.6) is 0 Å². The van der Waals surface area contributed by atoms with Gasteiger partial charge < -0.3 is 9.71 Å². The lowest BCUT2D eigenvalue weighted by Crippen LogP contribution is -2.16. The molecule has 30 heavy (non-hydrogen) atoms. The molecular weight excluding hydrogens is 395 g/mol. The minimum atomic E-state index is -0.189. The summed E-state index contributed by atoms with van der Waals surface area (Å²) in [4.78, 5) is 12.7. The molecule has 4 nitrogen and oxygen atoms in total. The van der Waals surface area contributed by atoms with E-state index >= 15 is 0 Å². The van der Waals surface area contributed by atoms with Crippen molar-refractivity contribution >= 4 is 39.6 Å². The number of imidazole rings is 1. The summed E-state index contributed by atoms with van der Waals surface area (Å²) in [6.07, 6.45) is 9.45. The minimum absolute atomic E-state index is 0.189. The minimum Gasteiger partial charge on any atom is -0.342 e. The average molecular weight is 421 g/mol. The van der Waals surface area contributed by atoms with Crippen molar-refractivity contribution in [2.75, 3.05) is 11.0 Å². The first-order valence-corrected chi connectivity index (χ1v) is 11.7. The third-order valence-electron chi connectivity index (χ3n) is 6.26. The largest absolute Gasteiger partial charge is 0.342 e. The van der Waals surface area contributed by atoms with Crippen molar-refractivity contribution in [3.05, 3.63) is 65.9 Å². The summed E-state index contributed by atoms with van der Waals surface area (Å²) in [5.74, 6) is 2.00. The van der Waals surface area contributed by atoms with Crippen LogP contribution in [0.25, 0.3) is 21.9 Å². The lowest BCUT2D eigenvalue weighted by Gasteiger charge is -2.29. The molecule has 154 valence electrons. The molecule has 2 N–H and O–H groups in total. The maximum Gasteiger partial charge on any atom is 0.123 e. The van der Waals surface area contributed by atoms with E-state index < -0.39 is 0 Å². The smallest absolute Gasteiger partial charge is 0.123 e. The highest BCUT2D eigenvalue weighted by Gasteiger charge is 2.25.